The molecule has 1 aliphatic rings. The molecule has 218 valence electrons. The van der Waals surface area contributed by atoms with Crippen LogP contribution in [0.1, 0.15) is 69.7 Å². The van der Waals surface area contributed by atoms with Gasteiger partial charge in [-0.05, 0) is 95.3 Å². The van der Waals surface area contributed by atoms with E-state index in [1.807, 2.05) is 42.5 Å². The summed E-state index contributed by atoms with van der Waals surface area (Å²) in [6, 6.07) is 18.2. The van der Waals surface area contributed by atoms with Gasteiger partial charge < -0.3 is 23.7 Å². The van der Waals surface area contributed by atoms with Crippen LogP contribution in [-0.4, -0.2) is 33.6 Å². The van der Waals surface area contributed by atoms with Gasteiger partial charge in [0.15, 0.2) is 6.79 Å². The fraction of sp³-hybridized carbons (Fsp3) is 0.400. The summed E-state index contributed by atoms with van der Waals surface area (Å²) in [4.78, 5) is 12.0. The van der Waals surface area contributed by atoms with Crippen LogP contribution in [0, 0.1) is 0 Å². The quantitative estimate of drug-likeness (QED) is 0.136. The molecule has 0 unspecified atom stereocenters. The van der Waals surface area contributed by atoms with Gasteiger partial charge in [0, 0.05) is 24.3 Å². The Bertz CT molecular complexity index is 1380. The molecule has 3 aromatic carbocycles. The average molecular weight is 559 g/mol. The number of carbonyl (C=O) groups is 1. The van der Waals surface area contributed by atoms with Crippen molar-refractivity contribution in [2.75, 3.05) is 27.6 Å². The fourth-order valence-corrected chi connectivity index (χ4v) is 5.29. The number of ether oxygens (including phenoxy) is 5. The molecule has 0 aliphatic heterocycles. The van der Waals surface area contributed by atoms with Gasteiger partial charge in [-0.2, -0.15) is 0 Å². The number of methoxy groups -OCH3 is 2. The van der Waals surface area contributed by atoms with Crippen LogP contribution in [0.3, 0.4) is 0 Å². The molecule has 3 aromatic rings. The van der Waals surface area contributed by atoms with Crippen LogP contribution in [0.4, 0.5) is 0 Å². The standard InChI is InChI=1S/C35H42O6/c1-8-39-33(36)16-12-24-11-15-31(38-7)27(19-24)28-20-29-30(35(4,5)18-17-34(29,2)3)21-32(28)40-22-25-9-13-26(14-10-25)41-23-37-6/h9-16,19-21H,8,17-18,22-23H2,1-7H3/b16-12+. The van der Waals surface area contributed by atoms with E-state index in [9.17, 15) is 4.79 Å². The number of hydrogen-bond donors (Lipinski definition) is 0. The zero-order chi connectivity index (χ0) is 29.6. The Hall–Kier alpha value is -3.77. The first-order valence-corrected chi connectivity index (χ1v) is 14.1. The molecule has 4 rings (SSSR count). The minimum atomic E-state index is -0.370. The highest BCUT2D eigenvalue weighted by Gasteiger charge is 2.38. The van der Waals surface area contributed by atoms with E-state index < -0.39 is 0 Å². The smallest absolute Gasteiger partial charge is 0.330 e. The van der Waals surface area contributed by atoms with Crippen molar-refractivity contribution < 1.29 is 28.5 Å². The molecular formula is C35H42O6. The summed E-state index contributed by atoms with van der Waals surface area (Å²) in [6.07, 6.45) is 5.42. The Morgan fingerprint density at radius 1 is 0.829 bits per heavy atom. The predicted molar refractivity (Wildman–Crippen MR) is 163 cm³/mol. The van der Waals surface area contributed by atoms with Crippen molar-refractivity contribution in [3.63, 3.8) is 0 Å². The van der Waals surface area contributed by atoms with Crippen LogP contribution in [0.25, 0.3) is 17.2 Å². The van der Waals surface area contributed by atoms with Gasteiger partial charge in [-0.15, -0.1) is 0 Å². The maximum Gasteiger partial charge on any atom is 0.330 e. The van der Waals surface area contributed by atoms with E-state index in [1.54, 1.807) is 27.2 Å². The Morgan fingerprint density at radius 3 is 2.12 bits per heavy atom. The second-order valence-electron chi connectivity index (χ2n) is 11.7. The minimum Gasteiger partial charge on any atom is -0.496 e. The van der Waals surface area contributed by atoms with E-state index in [1.165, 1.54) is 17.2 Å². The van der Waals surface area contributed by atoms with Gasteiger partial charge in [0.25, 0.3) is 0 Å². The molecule has 0 bridgehead atoms. The van der Waals surface area contributed by atoms with Gasteiger partial charge in [-0.25, -0.2) is 4.79 Å². The predicted octanol–water partition coefficient (Wildman–Crippen LogP) is 7.85. The number of fused-ring (bicyclic) bond motifs is 1. The Balaban J connectivity index is 1.79. The minimum absolute atomic E-state index is 0.0187. The molecule has 0 saturated carbocycles. The zero-order valence-corrected chi connectivity index (χ0v) is 25.3. The number of rotatable bonds is 11. The van der Waals surface area contributed by atoms with Gasteiger partial charge in [0.05, 0.1) is 13.7 Å². The summed E-state index contributed by atoms with van der Waals surface area (Å²) < 4.78 is 28.0. The van der Waals surface area contributed by atoms with Crippen LogP contribution in [0.15, 0.2) is 60.7 Å². The van der Waals surface area contributed by atoms with Crippen molar-refractivity contribution in [1.82, 2.24) is 0 Å². The van der Waals surface area contributed by atoms with Crippen molar-refractivity contribution in [1.29, 1.82) is 0 Å². The molecule has 41 heavy (non-hydrogen) atoms. The van der Waals surface area contributed by atoms with Crippen LogP contribution in [0.5, 0.6) is 17.2 Å². The molecule has 0 amide bonds. The Labute approximate surface area is 244 Å². The SMILES string of the molecule is CCOC(=O)/C=C/c1ccc(OC)c(-c2cc3c(cc2OCc2ccc(OCOC)cc2)C(C)(C)CCC3(C)C)c1. The summed E-state index contributed by atoms with van der Waals surface area (Å²) in [5.41, 5.74) is 6.43. The second-order valence-corrected chi connectivity index (χ2v) is 11.7. The highest BCUT2D eigenvalue weighted by atomic mass is 16.7. The van der Waals surface area contributed by atoms with Gasteiger partial charge >= 0.3 is 5.97 Å². The average Bonchev–Trinajstić information content (AvgIpc) is 2.96. The van der Waals surface area contributed by atoms with E-state index in [0.29, 0.717) is 13.2 Å². The Kier molecular flexibility index (Phi) is 9.44. The number of hydrogen-bond acceptors (Lipinski definition) is 6. The van der Waals surface area contributed by atoms with Gasteiger partial charge in [0.2, 0.25) is 0 Å². The molecule has 1 aliphatic carbocycles. The lowest BCUT2D eigenvalue weighted by Gasteiger charge is -2.42. The van der Waals surface area contributed by atoms with Gasteiger partial charge in [-0.1, -0.05) is 45.9 Å². The van der Waals surface area contributed by atoms with E-state index in [2.05, 4.69) is 39.8 Å². The lowest BCUT2D eigenvalue weighted by molar-refractivity contribution is -0.137. The van der Waals surface area contributed by atoms with Crippen molar-refractivity contribution in [2.45, 2.75) is 64.9 Å². The molecule has 0 N–H and O–H groups in total. The summed E-state index contributed by atoms with van der Waals surface area (Å²) in [5, 5.41) is 0. The maximum absolute atomic E-state index is 12.0. The van der Waals surface area contributed by atoms with E-state index in [4.69, 9.17) is 23.7 Å². The van der Waals surface area contributed by atoms with Crippen molar-refractivity contribution in [3.05, 3.63) is 82.9 Å². The fourth-order valence-electron chi connectivity index (χ4n) is 5.29. The third-order valence-corrected chi connectivity index (χ3v) is 7.83. The van der Waals surface area contributed by atoms with Gasteiger partial charge in [-0.3, -0.25) is 0 Å². The molecule has 0 aromatic heterocycles. The molecule has 0 heterocycles. The molecule has 6 nitrogen and oxygen atoms in total. The number of carbonyl (C=O) groups excluding carboxylic acids is 1. The first kappa shape index (κ1) is 30.2. The van der Waals surface area contributed by atoms with Crippen LogP contribution in [0.2, 0.25) is 0 Å². The third kappa shape index (κ3) is 7.12. The summed E-state index contributed by atoms with van der Waals surface area (Å²) in [7, 11) is 3.27. The molecule has 0 saturated heterocycles. The first-order chi connectivity index (χ1) is 19.6. The number of benzene rings is 3. The second kappa shape index (κ2) is 12.8. The topological polar surface area (TPSA) is 63.2 Å². The van der Waals surface area contributed by atoms with Crippen molar-refractivity contribution >= 4 is 12.0 Å². The lowest BCUT2D eigenvalue weighted by atomic mass is 9.62. The lowest BCUT2D eigenvalue weighted by Crippen LogP contribution is -2.33. The Morgan fingerprint density at radius 2 is 1.49 bits per heavy atom. The van der Waals surface area contributed by atoms with E-state index in [0.717, 1.165) is 52.3 Å². The normalized spacial score (nSPS) is 15.3. The van der Waals surface area contributed by atoms with Gasteiger partial charge in [0.1, 0.15) is 23.9 Å². The summed E-state index contributed by atoms with van der Waals surface area (Å²) in [5.74, 6) is 1.89. The molecule has 0 fully saturated rings. The van der Waals surface area contributed by atoms with Crippen LogP contribution < -0.4 is 14.2 Å². The maximum atomic E-state index is 12.0. The molecule has 0 spiro atoms. The largest absolute Gasteiger partial charge is 0.496 e. The summed E-state index contributed by atoms with van der Waals surface area (Å²) in [6.45, 7) is 12.0. The number of esters is 1. The molecule has 0 radical (unpaired) electrons. The molecular weight excluding hydrogens is 516 g/mol. The van der Waals surface area contributed by atoms with Crippen molar-refractivity contribution in [3.8, 4) is 28.4 Å². The van der Waals surface area contributed by atoms with Crippen LogP contribution in [-0.2, 0) is 31.7 Å². The molecule has 0 atom stereocenters. The van der Waals surface area contributed by atoms with Crippen LogP contribution >= 0.6 is 0 Å². The van der Waals surface area contributed by atoms with E-state index >= 15 is 0 Å². The summed E-state index contributed by atoms with van der Waals surface area (Å²) >= 11 is 0. The first-order valence-electron chi connectivity index (χ1n) is 14.1. The molecule has 6 heteroatoms. The van der Waals surface area contributed by atoms with E-state index in [-0.39, 0.29) is 23.6 Å². The monoisotopic (exact) mass is 558 g/mol. The highest BCUT2D eigenvalue weighted by molar-refractivity contribution is 5.88. The highest BCUT2D eigenvalue weighted by Crippen LogP contribution is 2.50. The third-order valence-electron chi connectivity index (χ3n) is 7.83. The van der Waals surface area contributed by atoms with Crippen molar-refractivity contribution in [2.24, 2.45) is 0 Å². The zero-order valence-electron chi connectivity index (χ0n) is 25.3.